The van der Waals surface area contributed by atoms with Gasteiger partial charge in [-0.05, 0) is 50.0 Å². The third-order valence-electron chi connectivity index (χ3n) is 3.07. The first-order valence-electron chi connectivity index (χ1n) is 6.24. The molecule has 0 aliphatic carbocycles. The molecule has 0 atom stereocenters. The Morgan fingerprint density at radius 2 is 1.83 bits per heavy atom. The molecular formula is C17H21N. The lowest BCUT2D eigenvalue weighted by Crippen LogP contribution is -1.90. The van der Waals surface area contributed by atoms with Crippen molar-refractivity contribution < 1.29 is 0 Å². The van der Waals surface area contributed by atoms with Crippen molar-refractivity contribution in [2.45, 2.75) is 27.2 Å². The Morgan fingerprint density at radius 3 is 2.39 bits per heavy atom. The van der Waals surface area contributed by atoms with Crippen molar-refractivity contribution >= 4 is 11.8 Å². The first-order chi connectivity index (χ1) is 8.70. The Balaban J connectivity index is 2.99. The summed E-state index contributed by atoms with van der Waals surface area (Å²) in [5.41, 5.74) is 5.20. The van der Waals surface area contributed by atoms with E-state index < -0.39 is 0 Å². The Bertz CT molecular complexity index is 476. The maximum absolute atomic E-state index is 6.97. The van der Waals surface area contributed by atoms with E-state index in [0.717, 1.165) is 6.42 Å². The molecule has 1 rings (SSSR count). The minimum absolute atomic E-state index is 0.894. The van der Waals surface area contributed by atoms with Crippen molar-refractivity contribution in [1.29, 1.82) is 5.41 Å². The SMILES string of the molecule is C/C=C(\C(C)=C(/C)C/C=C\C=N)c1ccccc1. The summed E-state index contributed by atoms with van der Waals surface area (Å²) in [6, 6.07) is 10.4. The summed E-state index contributed by atoms with van der Waals surface area (Å²) in [7, 11) is 0. The monoisotopic (exact) mass is 239 g/mol. The maximum atomic E-state index is 6.97. The Kier molecular flexibility index (Phi) is 5.86. The fourth-order valence-electron chi connectivity index (χ4n) is 1.91. The van der Waals surface area contributed by atoms with E-state index in [-0.39, 0.29) is 0 Å². The highest BCUT2D eigenvalue weighted by atomic mass is 14.3. The highest BCUT2D eigenvalue weighted by Gasteiger charge is 2.04. The van der Waals surface area contributed by atoms with Gasteiger partial charge in [0.1, 0.15) is 0 Å². The fourth-order valence-corrected chi connectivity index (χ4v) is 1.91. The van der Waals surface area contributed by atoms with Crippen LogP contribution in [0.15, 0.2) is 59.7 Å². The minimum Gasteiger partial charge on any atom is -0.309 e. The second kappa shape index (κ2) is 7.44. The Hall–Kier alpha value is -1.89. The molecule has 1 aromatic rings. The van der Waals surface area contributed by atoms with Crippen LogP contribution in [0.25, 0.3) is 5.57 Å². The first kappa shape index (κ1) is 14.2. The number of allylic oxidation sites excluding steroid dienone is 6. The van der Waals surface area contributed by atoms with Gasteiger partial charge in [-0.3, -0.25) is 0 Å². The Morgan fingerprint density at radius 1 is 1.17 bits per heavy atom. The van der Waals surface area contributed by atoms with Crippen LogP contribution in [0, 0.1) is 5.41 Å². The molecule has 0 radical (unpaired) electrons. The van der Waals surface area contributed by atoms with Crippen molar-refractivity contribution in [2.75, 3.05) is 0 Å². The molecular weight excluding hydrogens is 218 g/mol. The van der Waals surface area contributed by atoms with Gasteiger partial charge in [0.05, 0.1) is 0 Å². The smallest absolute Gasteiger partial charge is 0.0174 e. The molecule has 1 nitrogen and oxygen atoms in total. The fraction of sp³-hybridized carbons (Fsp3) is 0.235. The van der Waals surface area contributed by atoms with Gasteiger partial charge in [-0.2, -0.15) is 0 Å². The lowest BCUT2D eigenvalue weighted by atomic mass is 9.94. The molecule has 1 aromatic carbocycles. The van der Waals surface area contributed by atoms with E-state index in [1.807, 2.05) is 12.1 Å². The van der Waals surface area contributed by atoms with E-state index >= 15 is 0 Å². The predicted octanol–water partition coefficient (Wildman–Crippen LogP) is 5.02. The van der Waals surface area contributed by atoms with Crippen molar-refractivity contribution in [3.05, 3.63) is 65.3 Å². The molecule has 0 amide bonds. The lowest BCUT2D eigenvalue weighted by molar-refractivity contribution is 1.17. The Labute approximate surface area is 110 Å². The topological polar surface area (TPSA) is 23.9 Å². The quantitative estimate of drug-likeness (QED) is 0.551. The van der Waals surface area contributed by atoms with Crippen LogP contribution in [0.4, 0.5) is 0 Å². The van der Waals surface area contributed by atoms with Gasteiger partial charge in [0, 0.05) is 6.21 Å². The number of hydrogen-bond donors (Lipinski definition) is 1. The third kappa shape index (κ3) is 3.85. The molecule has 18 heavy (non-hydrogen) atoms. The number of rotatable bonds is 5. The van der Waals surface area contributed by atoms with E-state index in [9.17, 15) is 0 Å². The van der Waals surface area contributed by atoms with Gasteiger partial charge >= 0.3 is 0 Å². The zero-order chi connectivity index (χ0) is 13.4. The third-order valence-corrected chi connectivity index (χ3v) is 3.07. The molecule has 0 saturated carbocycles. The predicted molar refractivity (Wildman–Crippen MR) is 81.0 cm³/mol. The summed E-state index contributed by atoms with van der Waals surface area (Å²) in [6.45, 7) is 6.39. The zero-order valence-electron chi connectivity index (χ0n) is 11.4. The van der Waals surface area contributed by atoms with Crippen LogP contribution in [0.5, 0.6) is 0 Å². The van der Waals surface area contributed by atoms with Crippen LogP contribution < -0.4 is 0 Å². The molecule has 0 bridgehead atoms. The number of benzene rings is 1. The van der Waals surface area contributed by atoms with Gasteiger partial charge in [-0.15, -0.1) is 0 Å². The standard InChI is InChI=1S/C17H21N/c1-4-17(16-11-6-5-7-12-16)15(3)14(2)10-8-9-13-18/h4-9,11-13,18H,10H2,1-3H3/b9-8-,15-14+,17-4+,18-13?. The van der Waals surface area contributed by atoms with E-state index in [0.29, 0.717) is 0 Å². The molecule has 0 aliphatic heterocycles. The van der Waals surface area contributed by atoms with Gasteiger partial charge in [-0.25, -0.2) is 0 Å². The maximum Gasteiger partial charge on any atom is 0.0174 e. The lowest BCUT2D eigenvalue weighted by Gasteiger charge is -2.11. The van der Waals surface area contributed by atoms with Crippen molar-refractivity contribution in [1.82, 2.24) is 0 Å². The molecule has 0 spiro atoms. The molecule has 0 fully saturated rings. The number of hydrogen-bond acceptors (Lipinski definition) is 1. The minimum atomic E-state index is 0.894. The molecule has 1 N–H and O–H groups in total. The van der Waals surface area contributed by atoms with E-state index in [1.54, 1.807) is 6.08 Å². The van der Waals surface area contributed by atoms with Gasteiger partial charge < -0.3 is 5.41 Å². The molecule has 0 saturated heterocycles. The molecule has 0 aromatic heterocycles. The van der Waals surface area contributed by atoms with Crippen molar-refractivity contribution in [3.8, 4) is 0 Å². The second-order valence-corrected chi connectivity index (χ2v) is 4.27. The van der Waals surface area contributed by atoms with Gasteiger partial charge in [-0.1, -0.05) is 48.1 Å². The molecule has 0 unspecified atom stereocenters. The van der Waals surface area contributed by atoms with Crippen LogP contribution in [0.2, 0.25) is 0 Å². The molecule has 1 heteroatoms. The van der Waals surface area contributed by atoms with Crippen LogP contribution in [-0.4, -0.2) is 6.21 Å². The highest BCUT2D eigenvalue weighted by Crippen LogP contribution is 2.26. The molecule has 94 valence electrons. The average Bonchev–Trinajstić information content (AvgIpc) is 2.41. The van der Waals surface area contributed by atoms with Gasteiger partial charge in [0.15, 0.2) is 0 Å². The largest absolute Gasteiger partial charge is 0.309 e. The summed E-state index contributed by atoms with van der Waals surface area (Å²) in [5.74, 6) is 0. The summed E-state index contributed by atoms with van der Waals surface area (Å²) in [6.07, 6.45) is 8.16. The summed E-state index contributed by atoms with van der Waals surface area (Å²) >= 11 is 0. The summed E-state index contributed by atoms with van der Waals surface area (Å²) < 4.78 is 0. The van der Waals surface area contributed by atoms with E-state index in [1.165, 1.54) is 28.5 Å². The first-order valence-corrected chi connectivity index (χ1v) is 6.24. The van der Waals surface area contributed by atoms with E-state index in [2.05, 4.69) is 51.1 Å². The summed E-state index contributed by atoms with van der Waals surface area (Å²) in [5, 5.41) is 6.97. The highest BCUT2D eigenvalue weighted by molar-refractivity contribution is 5.79. The average molecular weight is 239 g/mol. The molecule has 0 aliphatic rings. The van der Waals surface area contributed by atoms with Crippen LogP contribution in [0.1, 0.15) is 32.8 Å². The van der Waals surface area contributed by atoms with Crippen LogP contribution in [0.3, 0.4) is 0 Å². The van der Waals surface area contributed by atoms with Crippen LogP contribution in [-0.2, 0) is 0 Å². The zero-order valence-corrected chi connectivity index (χ0v) is 11.4. The van der Waals surface area contributed by atoms with Crippen LogP contribution >= 0.6 is 0 Å². The summed E-state index contributed by atoms with van der Waals surface area (Å²) in [4.78, 5) is 0. The van der Waals surface area contributed by atoms with Gasteiger partial charge in [0.25, 0.3) is 0 Å². The second-order valence-electron chi connectivity index (χ2n) is 4.27. The van der Waals surface area contributed by atoms with E-state index in [4.69, 9.17) is 5.41 Å². The van der Waals surface area contributed by atoms with Crippen molar-refractivity contribution in [3.63, 3.8) is 0 Å². The number of nitrogens with one attached hydrogen (secondary N) is 1. The normalized spacial score (nSPS) is 13.6. The van der Waals surface area contributed by atoms with Crippen molar-refractivity contribution in [2.24, 2.45) is 0 Å². The van der Waals surface area contributed by atoms with Gasteiger partial charge in [0.2, 0.25) is 0 Å². The molecule has 0 heterocycles.